The van der Waals surface area contributed by atoms with Crippen molar-refractivity contribution in [2.45, 2.75) is 19.4 Å². The maximum atomic E-state index is 13.0. The summed E-state index contributed by atoms with van der Waals surface area (Å²) in [5.74, 6) is -6.35. The second-order valence-electron chi connectivity index (χ2n) is 3.65. The van der Waals surface area contributed by atoms with Crippen molar-refractivity contribution in [2.24, 2.45) is 0 Å². The zero-order valence-corrected chi connectivity index (χ0v) is 9.34. The minimum Gasteiger partial charge on any atom is -0.481 e. The van der Waals surface area contributed by atoms with Gasteiger partial charge in [0.15, 0.2) is 17.5 Å². The van der Waals surface area contributed by atoms with Crippen LogP contribution < -0.4 is 5.32 Å². The molecule has 0 saturated carbocycles. The van der Waals surface area contributed by atoms with Crippen molar-refractivity contribution in [3.05, 3.63) is 35.1 Å². The normalized spacial score (nSPS) is 12.0. The van der Waals surface area contributed by atoms with E-state index in [1.54, 1.807) is 0 Å². The van der Waals surface area contributed by atoms with E-state index in [1.165, 1.54) is 0 Å². The van der Waals surface area contributed by atoms with E-state index in [2.05, 4.69) is 5.32 Å². The zero-order valence-electron chi connectivity index (χ0n) is 9.34. The fraction of sp³-hybridized carbons (Fsp3) is 0.273. The first-order valence-corrected chi connectivity index (χ1v) is 4.94. The highest BCUT2D eigenvalue weighted by molar-refractivity contribution is 5.75. The SMILES string of the molecule is CC(=O)NC(CC(=O)O)c1cc(F)c(F)c(F)c1. The molecule has 1 rings (SSSR count). The second kappa shape index (κ2) is 5.52. The molecule has 1 aromatic carbocycles. The van der Waals surface area contributed by atoms with E-state index in [4.69, 9.17) is 5.11 Å². The minimum absolute atomic E-state index is 0.149. The molecule has 1 amide bonds. The monoisotopic (exact) mass is 261 g/mol. The third-order valence-corrected chi connectivity index (χ3v) is 2.16. The number of benzene rings is 1. The maximum absolute atomic E-state index is 13.0. The minimum atomic E-state index is -1.64. The van der Waals surface area contributed by atoms with Crippen LogP contribution in [0.4, 0.5) is 13.2 Å². The summed E-state index contributed by atoms with van der Waals surface area (Å²) in [6, 6.07) is 0.189. The number of carboxylic acid groups (broad SMARTS) is 1. The first kappa shape index (κ1) is 14.0. The van der Waals surface area contributed by atoms with Crippen molar-refractivity contribution in [3.8, 4) is 0 Å². The van der Waals surface area contributed by atoms with Gasteiger partial charge in [0, 0.05) is 6.92 Å². The van der Waals surface area contributed by atoms with Crippen LogP contribution in [0.5, 0.6) is 0 Å². The molecule has 0 fully saturated rings. The number of amides is 1. The summed E-state index contributed by atoms with van der Waals surface area (Å²) in [5, 5.41) is 10.9. The topological polar surface area (TPSA) is 66.4 Å². The lowest BCUT2D eigenvalue weighted by Crippen LogP contribution is -2.28. The smallest absolute Gasteiger partial charge is 0.305 e. The fourth-order valence-electron chi connectivity index (χ4n) is 1.45. The van der Waals surface area contributed by atoms with Crippen molar-refractivity contribution in [1.82, 2.24) is 5.32 Å². The molecule has 1 aromatic rings. The van der Waals surface area contributed by atoms with E-state index in [0.717, 1.165) is 6.92 Å². The largest absolute Gasteiger partial charge is 0.481 e. The molecule has 0 aliphatic rings. The number of nitrogens with one attached hydrogen (secondary N) is 1. The molecule has 7 heteroatoms. The Bertz CT molecular complexity index is 451. The van der Waals surface area contributed by atoms with Crippen LogP contribution in [0.3, 0.4) is 0 Å². The number of halogens is 3. The quantitative estimate of drug-likeness (QED) is 0.811. The molecule has 0 aromatic heterocycles. The second-order valence-corrected chi connectivity index (χ2v) is 3.65. The summed E-state index contributed by atoms with van der Waals surface area (Å²) in [7, 11) is 0. The van der Waals surface area contributed by atoms with E-state index < -0.39 is 41.8 Å². The third kappa shape index (κ3) is 3.47. The van der Waals surface area contributed by atoms with Crippen molar-refractivity contribution in [2.75, 3.05) is 0 Å². The van der Waals surface area contributed by atoms with E-state index in [0.29, 0.717) is 12.1 Å². The highest BCUT2D eigenvalue weighted by Crippen LogP contribution is 2.21. The summed E-state index contributed by atoms with van der Waals surface area (Å²) in [6.07, 6.45) is -0.565. The van der Waals surface area contributed by atoms with Crippen LogP contribution >= 0.6 is 0 Å². The number of hydrogen-bond donors (Lipinski definition) is 2. The molecule has 0 heterocycles. The highest BCUT2D eigenvalue weighted by Gasteiger charge is 2.20. The summed E-state index contributed by atoms with van der Waals surface area (Å²) < 4.78 is 38.7. The predicted molar refractivity (Wildman–Crippen MR) is 55.1 cm³/mol. The van der Waals surface area contributed by atoms with Gasteiger partial charge in [-0.15, -0.1) is 0 Å². The van der Waals surface area contributed by atoms with Gasteiger partial charge in [-0.1, -0.05) is 0 Å². The predicted octanol–water partition coefficient (Wildman–Crippen LogP) is 1.76. The third-order valence-electron chi connectivity index (χ3n) is 2.16. The molecule has 0 radical (unpaired) electrons. The Kier molecular flexibility index (Phi) is 4.30. The summed E-state index contributed by atoms with van der Waals surface area (Å²) in [5.41, 5.74) is -0.149. The van der Waals surface area contributed by atoms with Gasteiger partial charge in [0.2, 0.25) is 5.91 Å². The lowest BCUT2D eigenvalue weighted by molar-refractivity contribution is -0.137. The Hall–Kier alpha value is -2.05. The van der Waals surface area contributed by atoms with Crippen LogP contribution in [0.2, 0.25) is 0 Å². The summed E-state index contributed by atoms with van der Waals surface area (Å²) in [6.45, 7) is 1.13. The van der Waals surface area contributed by atoms with Gasteiger partial charge in [-0.3, -0.25) is 9.59 Å². The molecular weight excluding hydrogens is 251 g/mol. The number of carbonyl (C=O) groups is 2. The molecule has 0 aliphatic heterocycles. The van der Waals surface area contributed by atoms with Gasteiger partial charge in [0.1, 0.15) is 0 Å². The van der Waals surface area contributed by atoms with Crippen LogP contribution in [0.15, 0.2) is 12.1 Å². The van der Waals surface area contributed by atoms with E-state index >= 15 is 0 Å². The highest BCUT2D eigenvalue weighted by atomic mass is 19.2. The van der Waals surface area contributed by atoms with Gasteiger partial charge in [-0.2, -0.15) is 0 Å². The lowest BCUT2D eigenvalue weighted by Gasteiger charge is -2.16. The number of aliphatic carboxylic acids is 1. The van der Waals surface area contributed by atoms with E-state index in [-0.39, 0.29) is 5.56 Å². The first-order chi connectivity index (χ1) is 8.31. The molecule has 0 bridgehead atoms. The maximum Gasteiger partial charge on any atom is 0.305 e. The molecule has 98 valence electrons. The molecule has 1 atom stereocenters. The van der Waals surface area contributed by atoms with E-state index in [9.17, 15) is 22.8 Å². The molecule has 0 aliphatic carbocycles. The lowest BCUT2D eigenvalue weighted by atomic mass is 10.0. The molecule has 18 heavy (non-hydrogen) atoms. The Morgan fingerprint density at radius 2 is 1.78 bits per heavy atom. The Balaban J connectivity index is 3.12. The van der Waals surface area contributed by atoms with Gasteiger partial charge >= 0.3 is 5.97 Å². The zero-order chi connectivity index (χ0) is 13.9. The van der Waals surface area contributed by atoms with Crippen LogP contribution in [0.25, 0.3) is 0 Å². The number of hydrogen-bond acceptors (Lipinski definition) is 2. The average Bonchev–Trinajstić information content (AvgIpc) is 2.23. The molecule has 0 spiro atoms. The number of carbonyl (C=O) groups excluding carboxylic acids is 1. The fourth-order valence-corrected chi connectivity index (χ4v) is 1.45. The number of rotatable bonds is 4. The summed E-state index contributed by atoms with van der Waals surface area (Å²) in [4.78, 5) is 21.5. The van der Waals surface area contributed by atoms with Crippen LogP contribution in [-0.2, 0) is 9.59 Å². The average molecular weight is 261 g/mol. The molecule has 1 unspecified atom stereocenters. The van der Waals surface area contributed by atoms with Gasteiger partial charge in [-0.25, -0.2) is 13.2 Å². The van der Waals surface area contributed by atoms with Crippen molar-refractivity contribution in [3.63, 3.8) is 0 Å². The van der Waals surface area contributed by atoms with E-state index in [1.807, 2.05) is 0 Å². The Morgan fingerprint density at radius 1 is 1.28 bits per heavy atom. The van der Waals surface area contributed by atoms with Crippen LogP contribution in [-0.4, -0.2) is 17.0 Å². The van der Waals surface area contributed by atoms with Crippen molar-refractivity contribution < 1.29 is 27.9 Å². The molecule has 0 saturated heterocycles. The van der Waals surface area contributed by atoms with Gasteiger partial charge in [-0.05, 0) is 17.7 Å². The Labute approximate surface area is 100 Å². The standard InChI is InChI=1S/C11H10F3NO3/c1-5(16)15-9(4-10(17)18)6-2-7(12)11(14)8(13)3-6/h2-3,9H,4H2,1H3,(H,15,16)(H,17,18). The molecular formula is C11H10F3NO3. The molecule has 2 N–H and O–H groups in total. The first-order valence-electron chi connectivity index (χ1n) is 4.94. The number of carboxylic acids is 1. The van der Waals surface area contributed by atoms with Gasteiger partial charge in [0.05, 0.1) is 12.5 Å². The molecule has 4 nitrogen and oxygen atoms in total. The van der Waals surface area contributed by atoms with Crippen molar-refractivity contribution >= 4 is 11.9 Å². The van der Waals surface area contributed by atoms with Crippen LogP contribution in [0.1, 0.15) is 24.9 Å². The van der Waals surface area contributed by atoms with Crippen LogP contribution in [0, 0.1) is 17.5 Å². The van der Waals surface area contributed by atoms with Crippen molar-refractivity contribution in [1.29, 1.82) is 0 Å². The van der Waals surface area contributed by atoms with Gasteiger partial charge < -0.3 is 10.4 Å². The Morgan fingerprint density at radius 3 is 2.17 bits per heavy atom. The van der Waals surface area contributed by atoms with Gasteiger partial charge in [0.25, 0.3) is 0 Å². The summed E-state index contributed by atoms with van der Waals surface area (Å²) >= 11 is 0.